The van der Waals surface area contributed by atoms with Gasteiger partial charge in [0.1, 0.15) is 0 Å². The lowest BCUT2D eigenvalue weighted by Gasteiger charge is -2.29. The molecule has 6 heteroatoms. The van der Waals surface area contributed by atoms with Crippen molar-refractivity contribution in [3.63, 3.8) is 0 Å². The summed E-state index contributed by atoms with van der Waals surface area (Å²) < 4.78 is 5.39. The van der Waals surface area contributed by atoms with Crippen LogP contribution >= 0.6 is 0 Å². The number of ether oxygens (including phenoxy) is 1. The van der Waals surface area contributed by atoms with Gasteiger partial charge in [-0.15, -0.1) is 0 Å². The largest absolute Gasteiger partial charge is 0.378 e. The third-order valence-electron chi connectivity index (χ3n) is 5.14. The zero-order chi connectivity index (χ0) is 18.3. The zero-order valence-corrected chi connectivity index (χ0v) is 14.6. The van der Waals surface area contributed by atoms with Crippen molar-refractivity contribution in [2.24, 2.45) is 5.73 Å². The van der Waals surface area contributed by atoms with Crippen LogP contribution in [0.2, 0.25) is 0 Å². The van der Waals surface area contributed by atoms with E-state index in [4.69, 9.17) is 10.5 Å². The van der Waals surface area contributed by atoms with Crippen molar-refractivity contribution in [1.82, 2.24) is 0 Å². The molecule has 1 unspecified atom stereocenters. The molecular formula is C20H21N3O3. The molecule has 4 rings (SSSR count). The molecule has 2 N–H and O–H groups in total. The quantitative estimate of drug-likeness (QED) is 0.921. The van der Waals surface area contributed by atoms with Gasteiger partial charge in [0, 0.05) is 24.5 Å². The Kier molecular flexibility index (Phi) is 4.12. The maximum Gasteiger partial charge on any atom is 0.260 e. The minimum Gasteiger partial charge on any atom is -0.378 e. The van der Waals surface area contributed by atoms with Crippen LogP contribution in [0.25, 0.3) is 0 Å². The number of hydrogen-bond acceptors (Lipinski definition) is 4. The predicted octanol–water partition coefficient (Wildman–Crippen LogP) is 2.34. The van der Waals surface area contributed by atoms with E-state index in [9.17, 15) is 9.59 Å². The minimum absolute atomic E-state index is 0.147. The Morgan fingerprint density at radius 2 is 1.73 bits per heavy atom. The molecule has 26 heavy (non-hydrogen) atoms. The highest BCUT2D eigenvalue weighted by molar-refractivity contribution is 6.16. The van der Waals surface area contributed by atoms with Gasteiger partial charge < -0.3 is 20.3 Å². The summed E-state index contributed by atoms with van der Waals surface area (Å²) in [7, 11) is 0. The molecule has 1 atom stereocenters. The summed E-state index contributed by atoms with van der Waals surface area (Å²) in [6.45, 7) is 5.16. The van der Waals surface area contributed by atoms with Crippen molar-refractivity contribution in [2.75, 3.05) is 36.1 Å². The van der Waals surface area contributed by atoms with Gasteiger partial charge in [-0.3, -0.25) is 9.59 Å². The fourth-order valence-corrected chi connectivity index (χ4v) is 3.78. The summed E-state index contributed by atoms with van der Waals surface area (Å²) in [6.07, 6.45) is 0. The van der Waals surface area contributed by atoms with Crippen molar-refractivity contribution < 1.29 is 14.3 Å². The molecule has 2 aromatic carbocycles. The van der Waals surface area contributed by atoms with Crippen LogP contribution in [0.4, 0.5) is 11.4 Å². The Labute approximate surface area is 152 Å². The Hall–Kier alpha value is -2.86. The molecule has 0 radical (unpaired) electrons. The second-order valence-electron chi connectivity index (χ2n) is 6.60. The highest BCUT2D eigenvalue weighted by atomic mass is 16.5. The van der Waals surface area contributed by atoms with Crippen molar-refractivity contribution >= 4 is 23.2 Å². The molecule has 2 heterocycles. The number of nitrogens with two attached hydrogens (primary N) is 1. The lowest BCUT2D eigenvalue weighted by atomic mass is 10.00. The van der Waals surface area contributed by atoms with Crippen LogP contribution in [0.15, 0.2) is 42.5 Å². The molecule has 2 aliphatic heterocycles. The fourth-order valence-electron chi connectivity index (χ4n) is 3.78. The van der Waals surface area contributed by atoms with Gasteiger partial charge in [-0.05, 0) is 42.8 Å². The van der Waals surface area contributed by atoms with Gasteiger partial charge in [0.2, 0.25) is 5.91 Å². The molecule has 2 aliphatic rings. The van der Waals surface area contributed by atoms with Gasteiger partial charge in [-0.1, -0.05) is 12.1 Å². The molecule has 0 aliphatic carbocycles. The Balaban J connectivity index is 1.65. The van der Waals surface area contributed by atoms with E-state index in [-0.39, 0.29) is 17.5 Å². The molecule has 1 saturated heterocycles. The highest BCUT2D eigenvalue weighted by Gasteiger charge is 2.37. The van der Waals surface area contributed by atoms with Crippen LogP contribution in [0.1, 0.15) is 39.2 Å². The summed E-state index contributed by atoms with van der Waals surface area (Å²) in [5.41, 5.74) is 8.93. The van der Waals surface area contributed by atoms with Crippen molar-refractivity contribution in [3.05, 3.63) is 59.2 Å². The summed E-state index contributed by atoms with van der Waals surface area (Å²) in [6, 6.07) is 13.1. The minimum atomic E-state index is -0.577. The van der Waals surface area contributed by atoms with Gasteiger partial charge in [0.05, 0.1) is 30.4 Å². The molecule has 0 saturated carbocycles. The highest BCUT2D eigenvalue weighted by Crippen LogP contribution is 2.39. The van der Waals surface area contributed by atoms with Crippen LogP contribution in [0.3, 0.4) is 0 Å². The number of primary amides is 1. The molecular weight excluding hydrogens is 330 g/mol. The lowest BCUT2D eigenvalue weighted by molar-refractivity contribution is 0.0965. The summed E-state index contributed by atoms with van der Waals surface area (Å²) in [5, 5.41) is 0. The van der Waals surface area contributed by atoms with E-state index >= 15 is 0 Å². The van der Waals surface area contributed by atoms with Gasteiger partial charge in [0.15, 0.2) is 0 Å². The first-order valence-electron chi connectivity index (χ1n) is 8.77. The SMILES string of the molecule is CC1c2cccc(C(N)=O)c2C(=O)N1c1ccc(N2CCOCC2)cc1. The second-order valence-corrected chi connectivity index (χ2v) is 6.60. The number of amides is 2. The number of anilines is 2. The number of hydrogen-bond donors (Lipinski definition) is 1. The number of rotatable bonds is 3. The Morgan fingerprint density at radius 1 is 1.08 bits per heavy atom. The van der Waals surface area contributed by atoms with E-state index in [1.54, 1.807) is 17.0 Å². The summed E-state index contributed by atoms with van der Waals surface area (Å²) >= 11 is 0. The first-order valence-corrected chi connectivity index (χ1v) is 8.77. The van der Waals surface area contributed by atoms with E-state index in [1.807, 2.05) is 37.3 Å². The fraction of sp³-hybridized carbons (Fsp3) is 0.300. The van der Waals surface area contributed by atoms with E-state index in [1.165, 1.54) is 0 Å². The van der Waals surface area contributed by atoms with Crippen LogP contribution in [-0.2, 0) is 4.74 Å². The third-order valence-corrected chi connectivity index (χ3v) is 5.14. The molecule has 6 nitrogen and oxygen atoms in total. The summed E-state index contributed by atoms with van der Waals surface area (Å²) in [4.78, 5) is 28.7. The molecule has 1 fully saturated rings. The molecule has 2 aromatic rings. The van der Waals surface area contributed by atoms with Gasteiger partial charge in [-0.25, -0.2) is 0 Å². The van der Waals surface area contributed by atoms with Crippen molar-refractivity contribution in [2.45, 2.75) is 13.0 Å². The van der Waals surface area contributed by atoms with Gasteiger partial charge >= 0.3 is 0 Å². The molecule has 0 bridgehead atoms. The number of fused-ring (bicyclic) bond motifs is 1. The van der Waals surface area contributed by atoms with E-state index in [2.05, 4.69) is 4.90 Å². The monoisotopic (exact) mass is 351 g/mol. The smallest absolute Gasteiger partial charge is 0.260 e. The maximum atomic E-state index is 13.0. The van der Waals surface area contributed by atoms with Crippen LogP contribution in [-0.4, -0.2) is 38.1 Å². The normalized spacial score (nSPS) is 19.6. The maximum absolute atomic E-state index is 13.0. The van der Waals surface area contributed by atoms with Crippen LogP contribution in [0, 0.1) is 0 Å². The summed E-state index contributed by atoms with van der Waals surface area (Å²) in [5.74, 6) is -0.757. The molecule has 0 spiro atoms. The molecule has 134 valence electrons. The van der Waals surface area contributed by atoms with E-state index in [0.717, 1.165) is 43.2 Å². The number of carbonyl (C=O) groups is 2. The third kappa shape index (κ3) is 2.63. The Morgan fingerprint density at radius 3 is 2.38 bits per heavy atom. The number of carbonyl (C=O) groups excluding carboxylic acids is 2. The second kappa shape index (κ2) is 6.46. The standard InChI is InChI=1S/C20H21N3O3/c1-13-16-3-2-4-17(19(21)24)18(16)20(25)23(13)15-7-5-14(6-8-15)22-9-11-26-12-10-22/h2-8,13H,9-12H2,1H3,(H2,21,24). The van der Waals surface area contributed by atoms with Gasteiger partial charge in [-0.2, -0.15) is 0 Å². The van der Waals surface area contributed by atoms with Crippen molar-refractivity contribution in [1.29, 1.82) is 0 Å². The lowest BCUT2D eigenvalue weighted by Crippen LogP contribution is -2.36. The average Bonchev–Trinajstić information content (AvgIpc) is 2.93. The van der Waals surface area contributed by atoms with Gasteiger partial charge in [0.25, 0.3) is 5.91 Å². The van der Waals surface area contributed by atoms with Crippen molar-refractivity contribution in [3.8, 4) is 0 Å². The number of benzene rings is 2. The van der Waals surface area contributed by atoms with E-state index < -0.39 is 5.91 Å². The average molecular weight is 351 g/mol. The van der Waals surface area contributed by atoms with Crippen LogP contribution in [0.5, 0.6) is 0 Å². The zero-order valence-electron chi connectivity index (χ0n) is 14.6. The number of nitrogens with zero attached hydrogens (tertiary/aromatic N) is 2. The Bertz CT molecular complexity index is 857. The first kappa shape index (κ1) is 16.6. The number of morpholine rings is 1. The van der Waals surface area contributed by atoms with E-state index in [0.29, 0.717) is 5.56 Å². The molecule has 2 amide bonds. The predicted molar refractivity (Wildman–Crippen MR) is 99.7 cm³/mol. The van der Waals surface area contributed by atoms with Crippen LogP contribution < -0.4 is 15.5 Å². The first-order chi connectivity index (χ1) is 12.6. The molecule has 0 aromatic heterocycles. The topological polar surface area (TPSA) is 75.9 Å².